The minimum Gasteiger partial charge on any atom is -0.379 e. The maximum atomic E-state index is 13.1. The van der Waals surface area contributed by atoms with E-state index >= 15 is 0 Å². The standard InChI is InChI=1S/C20H23FN2O4S/c1-14-3-4-17(13-19(14)28(25,26)23-9-11-27-12-10-23)20(24)22-15(2)16-5-7-18(21)8-6-16/h3-8,13,15H,9-12H2,1-2H3,(H,22,24)/t15-/m1/s1. The lowest BCUT2D eigenvalue weighted by atomic mass is 10.1. The smallest absolute Gasteiger partial charge is 0.251 e. The second-order valence-electron chi connectivity index (χ2n) is 6.74. The minimum absolute atomic E-state index is 0.122. The summed E-state index contributed by atoms with van der Waals surface area (Å²) in [5.74, 6) is -0.742. The third-order valence-electron chi connectivity index (χ3n) is 4.76. The molecule has 2 aromatic carbocycles. The number of ether oxygens (including phenoxy) is 1. The summed E-state index contributed by atoms with van der Waals surface area (Å²) in [5, 5.41) is 2.82. The van der Waals surface area contributed by atoms with E-state index in [1.54, 1.807) is 38.1 Å². The molecule has 0 radical (unpaired) electrons. The fourth-order valence-electron chi connectivity index (χ4n) is 3.06. The van der Waals surface area contributed by atoms with E-state index in [9.17, 15) is 17.6 Å². The van der Waals surface area contributed by atoms with E-state index in [2.05, 4.69) is 5.32 Å². The Balaban J connectivity index is 1.82. The minimum atomic E-state index is -3.70. The second-order valence-corrected chi connectivity index (χ2v) is 8.65. The van der Waals surface area contributed by atoms with Crippen LogP contribution in [0.5, 0.6) is 0 Å². The molecule has 1 fully saturated rings. The van der Waals surface area contributed by atoms with Crippen molar-refractivity contribution in [3.63, 3.8) is 0 Å². The molecule has 1 heterocycles. The zero-order valence-corrected chi connectivity index (χ0v) is 16.6. The van der Waals surface area contributed by atoms with Crippen molar-refractivity contribution in [3.8, 4) is 0 Å². The van der Waals surface area contributed by atoms with Crippen molar-refractivity contribution in [1.29, 1.82) is 0 Å². The van der Waals surface area contributed by atoms with Gasteiger partial charge in [-0.25, -0.2) is 12.8 Å². The van der Waals surface area contributed by atoms with Gasteiger partial charge in [0.05, 0.1) is 24.2 Å². The van der Waals surface area contributed by atoms with Crippen LogP contribution in [-0.2, 0) is 14.8 Å². The van der Waals surface area contributed by atoms with E-state index in [4.69, 9.17) is 4.74 Å². The molecule has 1 amide bonds. The fraction of sp³-hybridized carbons (Fsp3) is 0.350. The van der Waals surface area contributed by atoms with Crippen molar-refractivity contribution in [2.45, 2.75) is 24.8 Å². The number of hydrogen-bond donors (Lipinski definition) is 1. The molecule has 6 nitrogen and oxygen atoms in total. The molecule has 28 heavy (non-hydrogen) atoms. The maximum Gasteiger partial charge on any atom is 0.251 e. The third kappa shape index (κ3) is 4.40. The lowest BCUT2D eigenvalue weighted by Gasteiger charge is -2.26. The molecule has 0 bridgehead atoms. The molecular formula is C20H23FN2O4S. The van der Waals surface area contributed by atoms with Crippen LogP contribution in [0.3, 0.4) is 0 Å². The van der Waals surface area contributed by atoms with Crippen LogP contribution in [0.25, 0.3) is 0 Å². The molecule has 1 atom stereocenters. The highest BCUT2D eigenvalue weighted by molar-refractivity contribution is 7.89. The van der Waals surface area contributed by atoms with Crippen LogP contribution in [-0.4, -0.2) is 44.9 Å². The summed E-state index contributed by atoms with van der Waals surface area (Å²) in [6.07, 6.45) is 0. The van der Waals surface area contributed by atoms with E-state index in [0.29, 0.717) is 31.9 Å². The van der Waals surface area contributed by atoms with Crippen molar-refractivity contribution in [2.75, 3.05) is 26.3 Å². The molecule has 2 aromatic rings. The molecule has 0 aliphatic carbocycles. The van der Waals surface area contributed by atoms with E-state index in [0.717, 1.165) is 5.56 Å². The Morgan fingerprint density at radius 2 is 1.79 bits per heavy atom. The first kappa shape index (κ1) is 20.4. The van der Waals surface area contributed by atoms with Crippen LogP contribution in [0.15, 0.2) is 47.4 Å². The van der Waals surface area contributed by atoms with Gasteiger partial charge in [-0.2, -0.15) is 4.31 Å². The molecule has 1 aliphatic heterocycles. The topological polar surface area (TPSA) is 75.7 Å². The first-order chi connectivity index (χ1) is 13.3. The van der Waals surface area contributed by atoms with Gasteiger partial charge in [-0.3, -0.25) is 4.79 Å². The lowest BCUT2D eigenvalue weighted by Crippen LogP contribution is -2.41. The van der Waals surface area contributed by atoms with E-state index in [-0.39, 0.29) is 22.3 Å². The second kappa shape index (κ2) is 8.38. The highest BCUT2D eigenvalue weighted by Crippen LogP contribution is 2.23. The highest BCUT2D eigenvalue weighted by Gasteiger charge is 2.28. The molecule has 0 saturated carbocycles. The number of benzene rings is 2. The quantitative estimate of drug-likeness (QED) is 0.828. The van der Waals surface area contributed by atoms with Gasteiger partial charge in [0.2, 0.25) is 10.0 Å². The fourth-order valence-corrected chi connectivity index (χ4v) is 4.72. The van der Waals surface area contributed by atoms with Crippen LogP contribution in [0.2, 0.25) is 0 Å². The van der Waals surface area contributed by atoms with Crippen LogP contribution in [0, 0.1) is 12.7 Å². The number of amides is 1. The van der Waals surface area contributed by atoms with Gasteiger partial charge >= 0.3 is 0 Å². The van der Waals surface area contributed by atoms with Gasteiger partial charge in [0, 0.05) is 18.7 Å². The van der Waals surface area contributed by atoms with Crippen molar-refractivity contribution in [3.05, 3.63) is 65.0 Å². The Hall–Kier alpha value is -2.29. The van der Waals surface area contributed by atoms with Gasteiger partial charge in [0.15, 0.2) is 0 Å². The Bertz CT molecular complexity index is 955. The Kier molecular flexibility index (Phi) is 6.12. The molecule has 8 heteroatoms. The number of nitrogens with zero attached hydrogens (tertiary/aromatic N) is 1. The SMILES string of the molecule is Cc1ccc(C(=O)N[C@H](C)c2ccc(F)cc2)cc1S(=O)(=O)N1CCOCC1. The van der Waals surface area contributed by atoms with Crippen molar-refractivity contribution in [1.82, 2.24) is 9.62 Å². The molecule has 1 aliphatic rings. The zero-order chi connectivity index (χ0) is 20.3. The monoisotopic (exact) mass is 406 g/mol. The molecule has 1 N–H and O–H groups in total. The van der Waals surface area contributed by atoms with Gasteiger partial charge in [0.1, 0.15) is 5.82 Å². The van der Waals surface area contributed by atoms with E-state index in [1.807, 2.05) is 0 Å². The first-order valence-electron chi connectivity index (χ1n) is 9.04. The van der Waals surface area contributed by atoms with Crippen LogP contribution in [0.1, 0.15) is 34.5 Å². The van der Waals surface area contributed by atoms with Crippen LogP contribution < -0.4 is 5.32 Å². The van der Waals surface area contributed by atoms with Gasteiger partial charge in [-0.05, 0) is 49.2 Å². The molecule has 150 valence electrons. The van der Waals surface area contributed by atoms with E-state index < -0.39 is 15.9 Å². The van der Waals surface area contributed by atoms with Crippen molar-refractivity contribution < 1.29 is 22.3 Å². The number of morpholine rings is 1. The molecule has 0 spiro atoms. The van der Waals surface area contributed by atoms with E-state index in [1.165, 1.54) is 22.5 Å². The zero-order valence-electron chi connectivity index (χ0n) is 15.8. The Morgan fingerprint density at radius 1 is 1.14 bits per heavy atom. The Morgan fingerprint density at radius 3 is 2.43 bits per heavy atom. The van der Waals surface area contributed by atoms with Gasteiger partial charge in [-0.15, -0.1) is 0 Å². The normalized spacial score (nSPS) is 16.5. The predicted molar refractivity (Wildman–Crippen MR) is 103 cm³/mol. The number of hydrogen-bond acceptors (Lipinski definition) is 4. The van der Waals surface area contributed by atoms with Crippen molar-refractivity contribution in [2.24, 2.45) is 0 Å². The van der Waals surface area contributed by atoms with Crippen LogP contribution in [0.4, 0.5) is 4.39 Å². The number of nitrogens with one attached hydrogen (secondary N) is 1. The highest BCUT2D eigenvalue weighted by atomic mass is 32.2. The number of halogens is 1. The molecule has 1 saturated heterocycles. The molecular weight excluding hydrogens is 383 g/mol. The molecule has 3 rings (SSSR count). The summed E-state index contributed by atoms with van der Waals surface area (Å²) < 4.78 is 45.6. The summed E-state index contributed by atoms with van der Waals surface area (Å²) in [4.78, 5) is 12.8. The third-order valence-corrected chi connectivity index (χ3v) is 6.80. The lowest BCUT2D eigenvalue weighted by molar-refractivity contribution is 0.0730. The average Bonchev–Trinajstić information content (AvgIpc) is 2.69. The Labute approximate surface area is 164 Å². The number of carbonyl (C=O) groups is 1. The van der Waals surface area contributed by atoms with Gasteiger partial charge in [0.25, 0.3) is 5.91 Å². The van der Waals surface area contributed by atoms with Crippen molar-refractivity contribution >= 4 is 15.9 Å². The summed E-state index contributed by atoms with van der Waals surface area (Å²) in [7, 11) is -3.70. The number of carbonyl (C=O) groups excluding carboxylic acids is 1. The number of aryl methyl sites for hydroxylation is 1. The maximum absolute atomic E-state index is 13.1. The average molecular weight is 406 g/mol. The van der Waals surface area contributed by atoms with Gasteiger partial charge < -0.3 is 10.1 Å². The van der Waals surface area contributed by atoms with Crippen LogP contribution >= 0.6 is 0 Å². The van der Waals surface area contributed by atoms with Gasteiger partial charge in [-0.1, -0.05) is 18.2 Å². The summed E-state index contributed by atoms with van der Waals surface area (Å²) in [5.41, 5.74) is 1.59. The largest absolute Gasteiger partial charge is 0.379 e. The summed E-state index contributed by atoms with van der Waals surface area (Å²) in [6.45, 7) is 4.78. The number of rotatable bonds is 5. The first-order valence-corrected chi connectivity index (χ1v) is 10.5. The summed E-state index contributed by atoms with van der Waals surface area (Å²) >= 11 is 0. The molecule has 0 unspecified atom stereocenters. The number of sulfonamides is 1. The summed E-state index contributed by atoms with van der Waals surface area (Å²) in [6, 6.07) is 10.1. The predicted octanol–water partition coefficient (Wildman–Crippen LogP) is 2.65. The molecule has 0 aromatic heterocycles.